The quantitative estimate of drug-likeness (QED) is 0.749. The third kappa shape index (κ3) is 3.76. The van der Waals surface area contributed by atoms with Gasteiger partial charge in [0.2, 0.25) is 0 Å². The fourth-order valence-corrected chi connectivity index (χ4v) is 2.60. The zero-order valence-corrected chi connectivity index (χ0v) is 14.0. The number of halogens is 2. The number of amides is 1. The largest absolute Gasteiger partial charge is 0.345 e. The molecule has 5 heteroatoms. The lowest BCUT2D eigenvalue weighted by molar-refractivity contribution is 0.0939. The van der Waals surface area contributed by atoms with E-state index in [4.69, 9.17) is 0 Å². The van der Waals surface area contributed by atoms with Crippen molar-refractivity contribution in [3.05, 3.63) is 61.9 Å². The second-order valence-electron chi connectivity index (χ2n) is 4.11. The summed E-state index contributed by atoms with van der Waals surface area (Å²) in [6.07, 6.45) is 3.48. The van der Waals surface area contributed by atoms with E-state index in [1.54, 1.807) is 12.4 Å². The minimum atomic E-state index is -0.0814. The fraction of sp³-hybridized carbons (Fsp3) is 0.143. The summed E-state index contributed by atoms with van der Waals surface area (Å²) in [5.41, 5.74) is 1.66. The highest BCUT2D eigenvalue weighted by Crippen LogP contribution is 2.19. The van der Waals surface area contributed by atoms with Gasteiger partial charge in [-0.05, 0) is 59.3 Å². The molecular formula is C14H12BrIN2O. The lowest BCUT2D eigenvalue weighted by atomic mass is 10.1. The average Bonchev–Trinajstić information content (AvgIpc) is 2.42. The molecule has 19 heavy (non-hydrogen) atoms. The summed E-state index contributed by atoms with van der Waals surface area (Å²) in [4.78, 5) is 16.3. The molecule has 1 aromatic carbocycles. The number of pyridine rings is 1. The van der Waals surface area contributed by atoms with Gasteiger partial charge in [-0.3, -0.25) is 9.78 Å². The van der Waals surface area contributed by atoms with Crippen molar-refractivity contribution < 1.29 is 4.79 Å². The maximum absolute atomic E-state index is 12.2. The van der Waals surface area contributed by atoms with Crippen LogP contribution in [0, 0.1) is 3.57 Å². The highest BCUT2D eigenvalue weighted by atomic mass is 127. The van der Waals surface area contributed by atoms with Crippen molar-refractivity contribution >= 4 is 44.4 Å². The number of carbonyl (C=O) groups is 1. The molecule has 0 aliphatic rings. The van der Waals surface area contributed by atoms with Gasteiger partial charge in [0.15, 0.2) is 0 Å². The van der Waals surface area contributed by atoms with Gasteiger partial charge in [-0.15, -0.1) is 0 Å². The summed E-state index contributed by atoms with van der Waals surface area (Å²) >= 11 is 5.54. The second-order valence-corrected chi connectivity index (χ2v) is 6.18. The number of benzene rings is 1. The Hall–Kier alpha value is -0.950. The normalized spacial score (nSPS) is 11.9. The van der Waals surface area contributed by atoms with Crippen LogP contribution in [0.3, 0.4) is 0 Å². The minimum absolute atomic E-state index is 0.0732. The molecule has 0 saturated carbocycles. The van der Waals surface area contributed by atoms with Crippen molar-refractivity contribution in [1.29, 1.82) is 0 Å². The van der Waals surface area contributed by atoms with Crippen LogP contribution in [-0.2, 0) is 0 Å². The van der Waals surface area contributed by atoms with Crippen molar-refractivity contribution in [2.24, 2.45) is 0 Å². The molecule has 0 spiro atoms. The monoisotopic (exact) mass is 430 g/mol. The fourth-order valence-electron chi connectivity index (χ4n) is 1.66. The summed E-state index contributed by atoms with van der Waals surface area (Å²) in [5.74, 6) is -0.0814. The van der Waals surface area contributed by atoms with Gasteiger partial charge in [0.25, 0.3) is 5.91 Å². The van der Waals surface area contributed by atoms with Crippen LogP contribution in [0.5, 0.6) is 0 Å². The molecule has 1 N–H and O–H groups in total. The Kier molecular flexibility index (Phi) is 4.93. The number of nitrogens with zero attached hydrogens (tertiary/aromatic N) is 1. The smallest absolute Gasteiger partial charge is 0.252 e. The lowest BCUT2D eigenvalue weighted by Gasteiger charge is -2.14. The first-order valence-corrected chi connectivity index (χ1v) is 7.61. The minimum Gasteiger partial charge on any atom is -0.345 e. The van der Waals surface area contributed by atoms with Crippen LogP contribution >= 0.6 is 38.5 Å². The molecule has 3 nitrogen and oxygen atoms in total. The van der Waals surface area contributed by atoms with Crippen LogP contribution in [0.4, 0.5) is 0 Å². The Morgan fingerprint density at radius 1 is 1.42 bits per heavy atom. The van der Waals surface area contributed by atoms with Gasteiger partial charge in [0.05, 0.1) is 11.6 Å². The van der Waals surface area contributed by atoms with E-state index in [0.29, 0.717) is 5.56 Å². The highest BCUT2D eigenvalue weighted by molar-refractivity contribution is 14.1. The van der Waals surface area contributed by atoms with Crippen molar-refractivity contribution in [1.82, 2.24) is 10.3 Å². The van der Waals surface area contributed by atoms with Gasteiger partial charge >= 0.3 is 0 Å². The van der Waals surface area contributed by atoms with E-state index >= 15 is 0 Å². The number of carbonyl (C=O) groups excluding carboxylic acids is 1. The number of aromatic nitrogens is 1. The average molecular weight is 431 g/mol. The summed E-state index contributed by atoms with van der Waals surface area (Å²) < 4.78 is 1.82. The number of hydrogen-bond donors (Lipinski definition) is 1. The highest BCUT2D eigenvalue weighted by Gasteiger charge is 2.14. The van der Waals surface area contributed by atoms with E-state index in [0.717, 1.165) is 13.6 Å². The molecule has 0 radical (unpaired) electrons. The molecule has 0 bridgehead atoms. The van der Waals surface area contributed by atoms with E-state index in [1.165, 1.54) is 0 Å². The molecule has 1 atom stereocenters. The molecule has 98 valence electrons. The lowest BCUT2D eigenvalue weighted by Crippen LogP contribution is -2.27. The molecule has 0 aliphatic heterocycles. The maximum atomic E-state index is 12.2. The van der Waals surface area contributed by atoms with Gasteiger partial charge in [0.1, 0.15) is 0 Å². The van der Waals surface area contributed by atoms with Gasteiger partial charge in [0, 0.05) is 20.4 Å². The Bertz CT molecular complexity index is 589. The van der Waals surface area contributed by atoms with Crippen LogP contribution in [-0.4, -0.2) is 10.9 Å². The zero-order valence-electron chi connectivity index (χ0n) is 10.2. The molecule has 2 rings (SSSR count). The van der Waals surface area contributed by atoms with Crippen molar-refractivity contribution in [3.8, 4) is 0 Å². The van der Waals surface area contributed by atoms with Crippen LogP contribution in [0.15, 0.2) is 47.2 Å². The van der Waals surface area contributed by atoms with Crippen molar-refractivity contribution in [2.45, 2.75) is 13.0 Å². The molecule has 1 heterocycles. The number of rotatable bonds is 3. The van der Waals surface area contributed by atoms with E-state index in [-0.39, 0.29) is 11.9 Å². The maximum Gasteiger partial charge on any atom is 0.252 e. The zero-order chi connectivity index (χ0) is 13.8. The molecular weight excluding hydrogens is 419 g/mol. The Morgan fingerprint density at radius 3 is 2.89 bits per heavy atom. The molecule has 0 fully saturated rings. The first kappa shape index (κ1) is 14.5. The van der Waals surface area contributed by atoms with Crippen molar-refractivity contribution in [2.75, 3.05) is 0 Å². The van der Waals surface area contributed by atoms with Crippen LogP contribution in [0.2, 0.25) is 0 Å². The van der Waals surface area contributed by atoms with Gasteiger partial charge < -0.3 is 5.32 Å². The van der Waals surface area contributed by atoms with Crippen LogP contribution < -0.4 is 5.32 Å². The van der Waals surface area contributed by atoms with Crippen molar-refractivity contribution in [3.63, 3.8) is 0 Å². The van der Waals surface area contributed by atoms with Gasteiger partial charge in [-0.1, -0.05) is 22.0 Å². The molecule has 1 amide bonds. The Labute approximate surface area is 134 Å². The molecule has 0 aliphatic carbocycles. The molecule has 0 saturated heterocycles. The van der Waals surface area contributed by atoms with E-state index in [2.05, 4.69) is 48.8 Å². The summed E-state index contributed by atoms with van der Waals surface area (Å²) in [6.45, 7) is 1.94. The standard InChI is InChI=1S/C14H12BrIN2O/c1-9(10-3-2-6-17-8-10)18-14(19)12-7-11(15)4-5-13(12)16/h2-9H,1H3,(H,18,19). The number of hydrogen-bond acceptors (Lipinski definition) is 2. The Morgan fingerprint density at radius 2 is 2.21 bits per heavy atom. The van der Waals surface area contributed by atoms with Crippen LogP contribution in [0.1, 0.15) is 28.9 Å². The SMILES string of the molecule is CC(NC(=O)c1cc(Br)ccc1I)c1cccnc1. The third-order valence-electron chi connectivity index (χ3n) is 2.71. The van der Waals surface area contributed by atoms with Crippen LogP contribution in [0.25, 0.3) is 0 Å². The molecule has 1 unspecified atom stereocenters. The summed E-state index contributed by atoms with van der Waals surface area (Å²) in [5, 5.41) is 2.98. The third-order valence-corrected chi connectivity index (χ3v) is 4.14. The Balaban J connectivity index is 2.15. The second kappa shape index (κ2) is 6.47. The number of nitrogens with one attached hydrogen (secondary N) is 1. The van der Waals surface area contributed by atoms with E-state index in [9.17, 15) is 4.79 Å². The predicted molar refractivity (Wildman–Crippen MR) is 87.0 cm³/mol. The topological polar surface area (TPSA) is 42.0 Å². The molecule has 1 aromatic heterocycles. The first-order valence-electron chi connectivity index (χ1n) is 5.74. The van der Waals surface area contributed by atoms with Gasteiger partial charge in [-0.2, -0.15) is 0 Å². The first-order chi connectivity index (χ1) is 9.08. The predicted octanol–water partition coefficient (Wildman–Crippen LogP) is 3.94. The summed E-state index contributed by atoms with van der Waals surface area (Å²) in [7, 11) is 0. The van der Waals surface area contributed by atoms with E-state index < -0.39 is 0 Å². The van der Waals surface area contributed by atoms with E-state index in [1.807, 2.05) is 37.3 Å². The molecule has 2 aromatic rings. The van der Waals surface area contributed by atoms with Gasteiger partial charge in [-0.25, -0.2) is 0 Å². The summed E-state index contributed by atoms with van der Waals surface area (Å²) in [6, 6.07) is 9.39.